The first-order valence-corrected chi connectivity index (χ1v) is 8.39. The van der Waals surface area contributed by atoms with Gasteiger partial charge >= 0.3 is 0 Å². The van der Waals surface area contributed by atoms with Crippen molar-refractivity contribution in [2.75, 3.05) is 5.75 Å². The third-order valence-corrected chi connectivity index (χ3v) is 6.00. The number of aromatic nitrogens is 2. The lowest BCUT2D eigenvalue weighted by molar-refractivity contribution is 0.132. The third-order valence-electron chi connectivity index (χ3n) is 4.37. The van der Waals surface area contributed by atoms with Crippen LogP contribution in [0.3, 0.4) is 0 Å². The van der Waals surface area contributed by atoms with E-state index in [4.69, 9.17) is 5.10 Å². The van der Waals surface area contributed by atoms with Gasteiger partial charge in [0.05, 0.1) is 17.3 Å². The maximum Gasteiger partial charge on any atom is 0.0740 e. The van der Waals surface area contributed by atoms with Gasteiger partial charge in [0.1, 0.15) is 0 Å². The van der Waals surface area contributed by atoms with Crippen molar-refractivity contribution in [3.63, 3.8) is 0 Å². The van der Waals surface area contributed by atoms with Gasteiger partial charge in [-0.1, -0.05) is 18.2 Å². The van der Waals surface area contributed by atoms with Crippen LogP contribution in [-0.4, -0.2) is 31.5 Å². The van der Waals surface area contributed by atoms with Crippen LogP contribution >= 0.6 is 11.8 Å². The van der Waals surface area contributed by atoms with E-state index in [1.807, 2.05) is 28.6 Å². The van der Waals surface area contributed by atoms with Gasteiger partial charge in [-0.05, 0) is 38.5 Å². The fourth-order valence-corrected chi connectivity index (χ4v) is 4.37. The first kappa shape index (κ1) is 14.0. The molecule has 0 spiro atoms. The van der Waals surface area contributed by atoms with Crippen LogP contribution in [-0.2, 0) is 13.0 Å². The second-order valence-corrected chi connectivity index (χ2v) is 7.39. The van der Waals surface area contributed by atoms with Gasteiger partial charge in [-0.3, -0.25) is 4.68 Å². The maximum atomic E-state index is 10.6. The Morgan fingerprint density at radius 3 is 2.95 bits per heavy atom. The number of hydrogen-bond acceptors (Lipinski definition) is 3. The van der Waals surface area contributed by atoms with Crippen molar-refractivity contribution in [1.82, 2.24) is 9.78 Å². The number of benzene rings is 1. The van der Waals surface area contributed by atoms with E-state index in [0.717, 1.165) is 24.4 Å². The van der Waals surface area contributed by atoms with E-state index >= 15 is 0 Å². The predicted molar refractivity (Wildman–Crippen MR) is 85.2 cm³/mol. The van der Waals surface area contributed by atoms with Gasteiger partial charge < -0.3 is 5.11 Å². The Morgan fingerprint density at radius 1 is 1.45 bits per heavy atom. The summed E-state index contributed by atoms with van der Waals surface area (Å²) < 4.78 is 2.03. The van der Waals surface area contributed by atoms with E-state index in [9.17, 15) is 5.11 Å². The van der Waals surface area contributed by atoms with Crippen LogP contribution < -0.4 is 0 Å². The molecule has 0 bridgehead atoms. The zero-order chi connectivity index (χ0) is 14.2. The largest absolute Gasteiger partial charge is 0.391 e. The predicted octanol–water partition coefficient (Wildman–Crippen LogP) is 3.25. The van der Waals surface area contributed by atoms with E-state index < -0.39 is 0 Å². The molecule has 0 aliphatic carbocycles. The first-order chi connectivity index (χ1) is 9.64. The number of hydrogen-bond donors (Lipinski definition) is 1. The molecule has 1 aromatic heterocycles. The number of aliphatic hydroxyl groups is 1. The minimum atomic E-state index is -0.321. The summed E-state index contributed by atoms with van der Waals surface area (Å²) in [5.74, 6) is 1.16. The Hall–Kier alpha value is -1.00. The quantitative estimate of drug-likeness (QED) is 0.939. The van der Waals surface area contributed by atoms with Gasteiger partial charge in [0.15, 0.2) is 0 Å². The van der Waals surface area contributed by atoms with E-state index in [0.29, 0.717) is 6.42 Å². The minimum absolute atomic E-state index is 0.00288. The molecule has 108 valence electrons. The summed E-state index contributed by atoms with van der Waals surface area (Å²) in [4.78, 5) is 0. The van der Waals surface area contributed by atoms with Crippen molar-refractivity contribution in [2.45, 2.75) is 50.5 Å². The highest BCUT2D eigenvalue weighted by Gasteiger charge is 2.37. The molecule has 1 fully saturated rings. The Labute approximate surface area is 124 Å². The molecule has 2 atom stereocenters. The smallest absolute Gasteiger partial charge is 0.0740 e. The molecule has 1 N–H and O–H groups in total. The second-order valence-electron chi connectivity index (χ2n) is 5.76. The number of aryl methyl sites for hydroxylation is 1. The number of fused-ring (bicyclic) bond motifs is 1. The van der Waals surface area contributed by atoms with Crippen molar-refractivity contribution >= 4 is 22.7 Å². The van der Waals surface area contributed by atoms with E-state index in [-0.39, 0.29) is 10.9 Å². The number of nitrogens with zero attached hydrogens (tertiary/aromatic N) is 2. The molecule has 3 nitrogen and oxygen atoms in total. The van der Waals surface area contributed by atoms with Crippen LogP contribution in [0.25, 0.3) is 10.9 Å². The molecule has 3 rings (SSSR count). The normalized spacial score (nSPS) is 24.4. The molecule has 2 heterocycles. The molecule has 1 aliphatic heterocycles. The average Bonchev–Trinajstić information content (AvgIpc) is 3.05. The van der Waals surface area contributed by atoms with Crippen molar-refractivity contribution < 1.29 is 5.11 Å². The summed E-state index contributed by atoms with van der Waals surface area (Å²) in [6.45, 7) is 5.16. The monoisotopic (exact) mass is 290 g/mol. The van der Waals surface area contributed by atoms with Crippen LogP contribution in [0, 0.1) is 0 Å². The van der Waals surface area contributed by atoms with E-state index in [1.54, 1.807) is 0 Å². The summed E-state index contributed by atoms with van der Waals surface area (Å²) in [5, 5.41) is 16.5. The number of thioether (sulfide) groups is 1. The Bertz CT molecular complexity index is 602. The lowest BCUT2D eigenvalue weighted by Gasteiger charge is -2.28. The highest BCUT2D eigenvalue weighted by Crippen LogP contribution is 2.41. The highest BCUT2D eigenvalue weighted by molar-refractivity contribution is 8.00. The Morgan fingerprint density at radius 2 is 2.25 bits per heavy atom. The molecule has 20 heavy (non-hydrogen) atoms. The van der Waals surface area contributed by atoms with Crippen LogP contribution in [0.2, 0.25) is 0 Å². The Kier molecular flexibility index (Phi) is 3.78. The number of rotatable bonds is 4. The van der Waals surface area contributed by atoms with Crippen molar-refractivity contribution in [1.29, 1.82) is 0 Å². The number of para-hydroxylation sites is 1. The molecule has 4 heteroatoms. The molecule has 0 radical (unpaired) electrons. The molecule has 1 aromatic carbocycles. The van der Waals surface area contributed by atoms with Gasteiger partial charge in [-0.2, -0.15) is 16.9 Å². The summed E-state index contributed by atoms with van der Waals surface area (Å²) in [6, 6.07) is 8.31. The molecule has 2 unspecified atom stereocenters. The highest BCUT2D eigenvalue weighted by atomic mass is 32.2. The van der Waals surface area contributed by atoms with Gasteiger partial charge in [-0.25, -0.2) is 0 Å². The van der Waals surface area contributed by atoms with Crippen LogP contribution in [0.5, 0.6) is 0 Å². The SMILES string of the molecule is CCn1nc(CC(O)C2(C)CCCS2)c2ccccc21. The van der Waals surface area contributed by atoms with Crippen LogP contribution in [0.1, 0.15) is 32.4 Å². The molecule has 0 amide bonds. The fourth-order valence-electron chi connectivity index (χ4n) is 3.05. The van der Waals surface area contributed by atoms with E-state index in [1.165, 1.54) is 17.3 Å². The van der Waals surface area contributed by atoms with Crippen molar-refractivity contribution in [2.24, 2.45) is 0 Å². The van der Waals surface area contributed by atoms with Crippen LogP contribution in [0.15, 0.2) is 24.3 Å². The zero-order valence-electron chi connectivity index (χ0n) is 12.2. The molecular formula is C16H22N2OS. The van der Waals surface area contributed by atoms with Crippen molar-refractivity contribution in [3.8, 4) is 0 Å². The van der Waals surface area contributed by atoms with Gasteiger partial charge in [-0.15, -0.1) is 0 Å². The molecular weight excluding hydrogens is 268 g/mol. The fraction of sp³-hybridized carbons (Fsp3) is 0.562. The third kappa shape index (κ3) is 2.35. The minimum Gasteiger partial charge on any atom is -0.391 e. The van der Waals surface area contributed by atoms with Crippen LogP contribution in [0.4, 0.5) is 0 Å². The standard InChI is InChI=1S/C16H22N2OS/c1-3-18-14-8-5-4-7-12(14)13(17-18)11-15(19)16(2)9-6-10-20-16/h4-5,7-8,15,19H,3,6,9-11H2,1-2H3. The van der Waals surface area contributed by atoms with Gasteiger partial charge in [0.25, 0.3) is 0 Å². The lowest BCUT2D eigenvalue weighted by atomic mass is 9.94. The lowest BCUT2D eigenvalue weighted by Crippen LogP contribution is -2.35. The summed E-state index contributed by atoms with van der Waals surface area (Å²) in [7, 11) is 0. The van der Waals surface area contributed by atoms with E-state index in [2.05, 4.69) is 26.0 Å². The summed E-state index contributed by atoms with van der Waals surface area (Å²) in [5.41, 5.74) is 2.20. The molecule has 1 saturated heterocycles. The molecule has 0 saturated carbocycles. The Balaban J connectivity index is 1.91. The zero-order valence-corrected chi connectivity index (χ0v) is 13.0. The molecule has 2 aromatic rings. The van der Waals surface area contributed by atoms with Gasteiger partial charge in [0, 0.05) is 23.1 Å². The second kappa shape index (κ2) is 5.41. The number of aliphatic hydroxyl groups excluding tert-OH is 1. The van der Waals surface area contributed by atoms with Gasteiger partial charge in [0.2, 0.25) is 0 Å². The summed E-state index contributed by atoms with van der Waals surface area (Å²) >= 11 is 1.91. The molecule has 1 aliphatic rings. The average molecular weight is 290 g/mol. The summed E-state index contributed by atoms with van der Waals surface area (Å²) in [6.07, 6.45) is 2.64. The maximum absolute atomic E-state index is 10.6. The van der Waals surface area contributed by atoms with Crippen molar-refractivity contribution in [3.05, 3.63) is 30.0 Å². The first-order valence-electron chi connectivity index (χ1n) is 7.40. The topological polar surface area (TPSA) is 38.0 Å².